The average molecular weight is 491 g/mol. The molecule has 0 aliphatic carbocycles. The van der Waals surface area contributed by atoms with Crippen LogP contribution in [0.2, 0.25) is 10.2 Å². The summed E-state index contributed by atoms with van der Waals surface area (Å²) in [6, 6.07) is 5.64. The lowest BCUT2D eigenvalue weighted by molar-refractivity contribution is 0.0699. The van der Waals surface area contributed by atoms with E-state index in [0.717, 1.165) is 3.57 Å². The molecular formula is C16H13Cl2IN4O2. The zero-order valence-electron chi connectivity index (χ0n) is 13.2. The van der Waals surface area contributed by atoms with E-state index in [2.05, 4.69) is 38.0 Å². The number of aromatic nitrogens is 3. The van der Waals surface area contributed by atoms with Crippen molar-refractivity contribution in [2.75, 3.05) is 5.32 Å². The second kappa shape index (κ2) is 6.97. The zero-order valence-corrected chi connectivity index (χ0v) is 16.9. The van der Waals surface area contributed by atoms with Gasteiger partial charge in [0.25, 0.3) is 0 Å². The molecule has 0 unspecified atom stereocenters. The number of nitrogens with zero attached hydrogens (tertiary/aromatic N) is 3. The van der Waals surface area contributed by atoms with Crippen molar-refractivity contribution in [2.24, 2.45) is 0 Å². The number of carboxylic acids is 1. The highest BCUT2D eigenvalue weighted by Crippen LogP contribution is 2.39. The first-order valence-corrected chi connectivity index (χ1v) is 9.15. The molecule has 0 fully saturated rings. The fourth-order valence-corrected chi connectivity index (χ4v) is 3.68. The van der Waals surface area contributed by atoms with Gasteiger partial charge in [-0.2, -0.15) is 9.61 Å². The van der Waals surface area contributed by atoms with Gasteiger partial charge in [0.1, 0.15) is 16.5 Å². The molecule has 2 heterocycles. The topological polar surface area (TPSA) is 79.5 Å². The Morgan fingerprint density at radius 1 is 1.36 bits per heavy atom. The Bertz CT molecular complexity index is 988. The quantitative estimate of drug-likeness (QED) is 0.404. The number of aromatic carboxylic acids is 1. The van der Waals surface area contributed by atoms with E-state index in [1.807, 2.05) is 32.0 Å². The predicted molar refractivity (Wildman–Crippen MR) is 107 cm³/mol. The van der Waals surface area contributed by atoms with Crippen LogP contribution in [-0.4, -0.2) is 31.7 Å². The van der Waals surface area contributed by atoms with Crippen molar-refractivity contribution in [3.63, 3.8) is 0 Å². The summed E-state index contributed by atoms with van der Waals surface area (Å²) in [5.41, 5.74) is 1.42. The van der Waals surface area contributed by atoms with Crippen LogP contribution in [0.15, 0.2) is 24.4 Å². The van der Waals surface area contributed by atoms with Gasteiger partial charge in [0.2, 0.25) is 0 Å². The van der Waals surface area contributed by atoms with Crippen LogP contribution < -0.4 is 5.32 Å². The standard InChI is InChI=1S/C16H13Cl2IN4O2/c1-7(2)21-15-12(9-4-3-8(19)5-11(9)17)13(18)22-14-10(16(24)25)6-20-23(14)15/h3-7,21H,1-2H3,(H,24,25). The van der Waals surface area contributed by atoms with Crippen molar-refractivity contribution >= 4 is 63.2 Å². The number of halogens is 3. The molecule has 2 N–H and O–H groups in total. The number of fused-ring (bicyclic) bond motifs is 1. The van der Waals surface area contributed by atoms with Gasteiger partial charge in [0.05, 0.1) is 11.8 Å². The summed E-state index contributed by atoms with van der Waals surface area (Å²) in [5.74, 6) is -0.574. The molecule has 0 atom stereocenters. The van der Waals surface area contributed by atoms with Gasteiger partial charge >= 0.3 is 5.97 Å². The number of benzene rings is 1. The lowest BCUT2D eigenvalue weighted by atomic mass is 10.1. The van der Waals surface area contributed by atoms with Crippen LogP contribution in [0.3, 0.4) is 0 Å². The monoisotopic (exact) mass is 490 g/mol. The molecule has 0 aliphatic heterocycles. The lowest BCUT2D eigenvalue weighted by Gasteiger charge is -2.18. The number of nitrogens with one attached hydrogen (secondary N) is 1. The van der Waals surface area contributed by atoms with Gasteiger partial charge in [-0.25, -0.2) is 9.78 Å². The number of hydrogen-bond acceptors (Lipinski definition) is 4. The second-order valence-electron chi connectivity index (χ2n) is 5.65. The Morgan fingerprint density at radius 2 is 2.08 bits per heavy atom. The molecule has 0 amide bonds. The summed E-state index contributed by atoms with van der Waals surface area (Å²) < 4.78 is 2.43. The van der Waals surface area contributed by atoms with Gasteiger partial charge in [-0.15, -0.1) is 0 Å². The van der Waals surface area contributed by atoms with E-state index in [1.165, 1.54) is 10.7 Å². The van der Waals surface area contributed by atoms with Crippen LogP contribution in [0.25, 0.3) is 16.8 Å². The van der Waals surface area contributed by atoms with Gasteiger partial charge in [0, 0.05) is 20.2 Å². The molecular weight excluding hydrogens is 478 g/mol. The molecule has 1 aromatic carbocycles. The number of anilines is 1. The largest absolute Gasteiger partial charge is 0.477 e. The molecule has 0 bridgehead atoms. The van der Waals surface area contributed by atoms with E-state index >= 15 is 0 Å². The molecule has 0 saturated carbocycles. The molecule has 3 rings (SSSR count). The van der Waals surface area contributed by atoms with E-state index in [4.69, 9.17) is 23.2 Å². The van der Waals surface area contributed by atoms with Crippen molar-refractivity contribution in [1.82, 2.24) is 14.6 Å². The SMILES string of the molecule is CC(C)Nc1c(-c2ccc(I)cc2Cl)c(Cl)nc2c(C(=O)O)cnn12. The molecule has 9 heteroatoms. The van der Waals surface area contributed by atoms with Crippen LogP contribution in [0.4, 0.5) is 5.82 Å². The second-order valence-corrected chi connectivity index (χ2v) is 7.66. The molecule has 130 valence electrons. The highest BCUT2D eigenvalue weighted by molar-refractivity contribution is 14.1. The van der Waals surface area contributed by atoms with Crippen LogP contribution in [0.5, 0.6) is 0 Å². The highest BCUT2D eigenvalue weighted by Gasteiger charge is 2.23. The average Bonchev–Trinajstić information content (AvgIpc) is 2.92. The molecule has 6 nitrogen and oxygen atoms in total. The molecule has 3 aromatic rings. The van der Waals surface area contributed by atoms with Crippen molar-refractivity contribution in [3.8, 4) is 11.1 Å². The Balaban J connectivity index is 2.37. The van der Waals surface area contributed by atoms with Crippen LogP contribution in [-0.2, 0) is 0 Å². The van der Waals surface area contributed by atoms with E-state index in [0.29, 0.717) is 22.0 Å². The molecule has 0 saturated heterocycles. The first-order chi connectivity index (χ1) is 11.8. The third-order valence-corrected chi connectivity index (χ3v) is 4.72. The summed E-state index contributed by atoms with van der Waals surface area (Å²) in [5, 5.41) is 17.4. The Labute approximate surface area is 167 Å². The van der Waals surface area contributed by atoms with Crippen LogP contribution in [0.1, 0.15) is 24.2 Å². The Hall–Kier alpha value is -1.58. The fourth-order valence-electron chi connectivity index (χ4n) is 2.45. The van der Waals surface area contributed by atoms with E-state index in [1.54, 1.807) is 0 Å². The summed E-state index contributed by atoms with van der Waals surface area (Å²) in [4.78, 5) is 15.6. The molecule has 0 spiro atoms. The number of rotatable bonds is 4. The number of carboxylic acid groups (broad SMARTS) is 1. The molecule has 0 aliphatic rings. The van der Waals surface area contributed by atoms with E-state index in [-0.39, 0.29) is 22.4 Å². The summed E-state index contributed by atoms with van der Waals surface area (Å²) in [6.45, 7) is 3.92. The van der Waals surface area contributed by atoms with Crippen molar-refractivity contribution < 1.29 is 9.90 Å². The van der Waals surface area contributed by atoms with Gasteiger partial charge in [0.15, 0.2) is 5.65 Å². The van der Waals surface area contributed by atoms with E-state index < -0.39 is 5.97 Å². The Kier molecular flexibility index (Phi) is 5.08. The third kappa shape index (κ3) is 3.40. The molecule has 0 radical (unpaired) electrons. The smallest absolute Gasteiger partial charge is 0.341 e. The number of carbonyl (C=O) groups is 1. The summed E-state index contributed by atoms with van der Waals surface area (Å²) in [6.07, 6.45) is 1.26. The van der Waals surface area contributed by atoms with Gasteiger partial charge in [-0.05, 0) is 48.6 Å². The summed E-state index contributed by atoms with van der Waals surface area (Å²) >= 11 is 15.0. The normalized spacial score (nSPS) is 11.3. The third-order valence-electron chi connectivity index (χ3n) is 3.46. The van der Waals surface area contributed by atoms with Crippen molar-refractivity contribution in [3.05, 3.63) is 43.7 Å². The van der Waals surface area contributed by atoms with Gasteiger partial charge in [-0.3, -0.25) is 0 Å². The first-order valence-electron chi connectivity index (χ1n) is 7.32. The minimum absolute atomic E-state index is 0.0195. The first kappa shape index (κ1) is 18.2. The summed E-state index contributed by atoms with van der Waals surface area (Å²) in [7, 11) is 0. The minimum Gasteiger partial charge on any atom is -0.477 e. The highest BCUT2D eigenvalue weighted by atomic mass is 127. The van der Waals surface area contributed by atoms with Crippen LogP contribution >= 0.6 is 45.8 Å². The van der Waals surface area contributed by atoms with Crippen molar-refractivity contribution in [1.29, 1.82) is 0 Å². The van der Waals surface area contributed by atoms with E-state index in [9.17, 15) is 9.90 Å². The lowest BCUT2D eigenvalue weighted by Crippen LogP contribution is -2.15. The molecule has 25 heavy (non-hydrogen) atoms. The minimum atomic E-state index is -1.12. The Morgan fingerprint density at radius 3 is 2.68 bits per heavy atom. The number of hydrogen-bond donors (Lipinski definition) is 2. The van der Waals surface area contributed by atoms with Gasteiger partial charge in [-0.1, -0.05) is 29.3 Å². The maximum Gasteiger partial charge on any atom is 0.341 e. The molecule has 2 aromatic heterocycles. The van der Waals surface area contributed by atoms with Crippen molar-refractivity contribution in [2.45, 2.75) is 19.9 Å². The zero-order chi connectivity index (χ0) is 18.3. The predicted octanol–water partition coefficient (Wildman–Crippen LogP) is 4.83. The van der Waals surface area contributed by atoms with Gasteiger partial charge < -0.3 is 10.4 Å². The van der Waals surface area contributed by atoms with Crippen LogP contribution in [0, 0.1) is 3.57 Å². The fraction of sp³-hybridized carbons (Fsp3) is 0.188. The maximum absolute atomic E-state index is 11.4. The maximum atomic E-state index is 11.4.